The zero-order valence-electron chi connectivity index (χ0n) is 19.0. The summed E-state index contributed by atoms with van der Waals surface area (Å²) in [4.78, 5) is 35.7. The fraction of sp³-hybridized carbons (Fsp3) is 0.269. The van der Waals surface area contributed by atoms with Gasteiger partial charge in [0.1, 0.15) is 0 Å². The summed E-state index contributed by atoms with van der Waals surface area (Å²) >= 11 is 1.71. The van der Waals surface area contributed by atoms with E-state index in [1.807, 2.05) is 30.3 Å². The van der Waals surface area contributed by atoms with Gasteiger partial charge in [-0.3, -0.25) is 14.4 Å². The van der Waals surface area contributed by atoms with Crippen molar-refractivity contribution in [3.63, 3.8) is 0 Å². The third-order valence-electron chi connectivity index (χ3n) is 5.38. The van der Waals surface area contributed by atoms with Crippen molar-refractivity contribution in [1.29, 1.82) is 0 Å². The molecule has 34 heavy (non-hydrogen) atoms. The highest BCUT2D eigenvalue weighted by molar-refractivity contribution is 7.14. The van der Waals surface area contributed by atoms with Crippen molar-refractivity contribution >= 4 is 29.1 Å². The Bertz CT molecular complexity index is 1100. The van der Waals surface area contributed by atoms with Crippen LogP contribution in [0.2, 0.25) is 0 Å². The molecule has 2 aromatic carbocycles. The van der Waals surface area contributed by atoms with E-state index in [0.29, 0.717) is 25.8 Å². The second kappa shape index (κ2) is 12.7. The smallest absolute Gasteiger partial charge is 0.231 e. The average molecular weight is 479 g/mol. The number of carbonyl (C=O) groups excluding carboxylic acids is 3. The first-order valence-electron chi connectivity index (χ1n) is 11.2. The second-order valence-corrected chi connectivity index (χ2v) is 9.04. The monoisotopic (exact) mass is 478 g/mol. The lowest BCUT2D eigenvalue weighted by Crippen LogP contribution is -2.44. The molecule has 0 aliphatic heterocycles. The molecule has 178 valence electrons. The molecule has 0 saturated heterocycles. The molecule has 3 aromatic rings. The fourth-order valence-electron chi connectivity index (χ4n) is 3.57. The van der Waals surface area contributed by atoms with Crippen molar-refractivity contribution in [2.75, 3.05) is 13.1 Å². The van der Waals surface area contributed by atoms with E-state index in [9.17, 15) is 14.4 Å². The number of hydrogen-bond donors (Lipinski definition) is 4. The fourth-order valence-corrected chi connectivity index (χ4v) is 4.50. The molecule has 3 rings (SSSR count). The first kappa shape index (κ1) is 25.1. The highest BCUT2D eigenvalue weighted by Gasteiger charge is 2.14. The molecule has 0 saturated carbocycles. The molecule has 6 N–H and O–H groups in total. The normalized spacial score (nSPS) is 11.6. The summed E-state index contributed by atoms with van der Waals surface area (Å²) in [5.41, 5.74) is 15.0. The van der Waals surface area contributed by atoms with E-state index in [1.165, 1.54) is 16.0 Å². The summed E-state index contributed by atoms with van der Waals surface area (Å²) in [6.07, 6.45) is 1.47. The van der Waals surface area contributed by atoms with Gasteiger partial charge in [-0.05, 0) is 46.5 Å². The molecule has 0 bridgehead atoms. The van der Waals surface area contributed by atoms with E-state index in [4.69, 9.17) is 11.5 Å². The summed E-state index contributed by atoms with van der Waals surface area (Å²) in [5.74, 6) is -1.04. The highest BCUT2D eigenvalue weighted by Crippen LogP contribution is 2.32. The first-order chi connectivity index (χ1) is 16.4. The number of carbonyl (C=O) groups is 3. The third-order valence-corrected chi connectivity index (χ3v) is 6.36. The Morgan fingerprint density at radius 3 is 2.26 bits per heavy atom. The molecule has 0 aliphatic rings. The molecule has 0 radical (unpaired) electrons. The van der Waals surface area contributed by atoms with E-state index >= 15 is 0 Å². The van der Waals surface area contributed by atoms with Crippen LogP contribution in [0.25, 0.3) is 21.6 Å². The van der Waals surface area contributed by atoms with Gasteiger partial charge in [0, 0.05) is 30.3 Å². The highest BCUT2D eigenvalue weighted by atomic mass is 32.1. The molecule has 1 aromatic heterocycles. The van der Waals surface area contributed by atoms with Gasteiger partial charge in [0.15, 0.2) is 0 Å². The lowest BCUT2D eigenvalue weighted by Gasteiger charge is -2.18. The summed E-state index contributed by atoms with van der Waals surface area (Å²) < 4.78 is 0. The lowest BCUT2D eigenvalue weighted by molar-refractivity contribution is -0.122. The van der Waals surface area contributed by atoms with Gasteiger partial charge in [-0.2, -0.15) is 0 Å². The molecule has 7 nitrogen and oxygen atoms in total. The van der Waals surface area contributed by atoms with Crippen LogP contribution in [0.4, 0.5) is 0 Å². The molecule has 0 spiro atoms. The number of hydrogen-bond acceptors (Lipinski definition) is 5. The third kappa shape index (κ3) is 8.13. The minimum absolute atomic E-state index is 0.00632. The van der Waals surface area contributed by atoms with E-state index in [0.717, 1.165) is 11.1 Å². The van der Waals surface area contributed by atoms with Gasteiger partial charge >= 0.3 is 0 Å². The van der Waals surface area contributed by atoms with E-state index < -0.39 is 11.8 Å². The second-order valence-electron chi connectivity index (χ2n) is 8.13. The molecule has 0 aliphatic carbocycles. The van der Waals surface area contributed by atoms with Crippen molar-refractivity contribution in [3.8, 4) is 21.6 Å². The number of amides is 3. The largest absolute Gasteiger partial charge is 0.370 e. The van der Waals surface area contributed by atoms with Crippen molar-refractivity contribution in [2.24, 2.45) is 11.5 Å². The number of aryl methyl sites for hydroxylation is 1. The zero-order chi connectivity index (χ0) is 24.3. The minimum atomic E-state index is -0.484. The molecular formula is C26H30N4O3S. The number of primary amides is 2. The van der Waals surface area contributed by atoms with Crippen molar-refractivity contribution in [2.45, 2.75) is 31.7 Å². The summed E-state index contributed by atoms with van der Waals surface area (Å²) in [6.45, 7) is 0.342. The van der Waals surface area contributed by atoms with E-state index in [2.05, 4.69) is 46.3 Å². The van der Waals surface area contributed by atoms with Gasteiger partial charge in [-0.25, -0.2) is 0 Å². The zero-order valence-corrected chi connectivity index (χ0v) is 19.8. The Morgan fingerprint density at radius 2 is 1.59 bits per heavy atom. The summed E-state index contributed by atoms with van der Waals surface area (Å²) in [7, 11) is 0. The van der Waals surface area contributed by atoms with Gasteiger partial charge in [-0.1, -0.05) is 54.6 Å². The van der Waals surface area contributed by atoms with Crippen LogP contribution in [0, 0.1) is 0 Å². The molecule has 3 amide bonds. The maximum Gasteiger partial charge on any atom is 0.231 e. The van der Waals surface area contributed by atoms with Gasteiger partial charge in [0.25, 0.3) is 0 Å². The number of nitrogens with one attached hydrogen (secondary N) is 2. The van der Waals surface area contributed by atoms with Gasteiger partial charge in [0.2, 0.25) is 17.7 Å². The minimum Gasteiger partial charge on any atom is -0.370 e. The van der Waals surface area contributed by atoms with Crippen molar-refractivity contribution in [1.82, 2.24) is 10.6 Å². The number of rotatable bonds is 13. The molecule has 1 heterocycles. The maximum absolute atomic E-state index is 12.4. The van der Waals surface area contributed by atoms with E-state index in [-0.39, 0.29) is 24.9 Å². The van der Waals surface area contributed by atoms with Gasteiger partial charge in [0.05, 0.1) is 6.54 Å². The van der Waals surface area contributed by atoms with Gasteiger partial charge in [-0.15, -0.1) is 11.3 Å². The molecule has 1 unspecified atom stereocenters. The van der Waals surface area contributed by atoms with Crippen LogP contribution in [0.1, 0.15) is 24.8 Å². The van der Waals surface area contributed by atoms with Crippen LogP contribution in [0.15, 0.2) is 66.0 Å². The quantitative estimate of drug-likeness (QED) is 0.301. The molecule has 8 heteroatoms. The standard InChI is InChI=1S/C26H30N4O3S/c27-24(31)12-11-22(15-29-16-25(28)32)30-26(33)13-8-18-6-9-20(10-7-18)23-14-21(17-34-23)19-4-2-1-3-5-19/h1-7,9-10,14,17,22,29H,8,11-13,15-16H2,(H2,27,31)(H2,28,32)(H,30,33). The van der Waals surface area contributed by atoms with Crippen LogP contribution in [-0.4, -0.2) is 36.9 Å². The number of benzene rings is 2. The Balaban J connectivity index is 1.51. The predicted molar refractivity (Wildman–Crippen MR) is 136 cm³/mol. The summed E-state index contributed by atoms with van der Waals surface area (Å²) in [6, 6.07) is 20.4. The maximum atomic E-state index is 12.4. The van der Waals surface area contributed by atoms with Crippen LogP contribution in [0.5, 0.6) is 0 Å². The Labute approximate surface area is 203 Å². The van der Waals surface area contributed by atoms with Gasteiger partial charge < -0.3 is 22.1 Å². The number of thiophene rings is 1. The van der Waals surface area contributed by atoms with Crippen LogP contribution < -0.4 is 22.1 Å². The SMILES string of the molecule is NC(=O)CCC(CNCC(N)=O)NC(=O)CCc1ccc(-c2cc(-c3ccccc3)cs2)cc1. The predicted octanol–water partition coefficient (Wildman–Crippen LogP) is 2.84. The average Bonchev–Trinajstić information content (AvgIpc) is 3.32. The Morgan fingerprint density at radius 1 is 0.853 bits per heavy atom. The van der Waals surface area contributed by atoms with Crippen molar-refractivity contribution < 1.29 is 14.4 Å². The molecular weight excluding hydrogens is 448 g/mol. The summed E-state index contributed by atoms with van der Waals surface area (Å²) in [5, 5.41) is 7.96. The lowest BCUT2D eigenvalue weighted by atomic mass is 10.0. The number of nitrogens with two attached hydrogens (primary N) is 2. The molecule has 1 atom stereocenters. The van der Waals surface area contributed by atoms with Crippen LogP contribution in [-0.2, 0) is 20.8 Å². The molecule has 0 fully saturated rings. The van der Waals surface area contributed by atoms with E-state index in [1.54, 1.807) is 11.3 Å². The first-order valence-corrected chi connectivity index (χ1v) is 12.1. The Hall–Kier alpha value is -3.49. The Kier molecular flexibility index (Phi) is 9.37. The van der Waals surface area contributed by atoms with Crippen LogP contribution in [0.3, 0.4) is 0 Å². The topological polar surface area (TPSA) is 127 Å². The van der Waals surface area contributed by atoms with Crippen LogP contribution >= 0.6 is 11.3 Å². The van der Waals surface area contributed by atoms with Crippen molar-refractivity contribution in [3.05, 3.63) is 71.6 Å².